The molecular formula is C14H16F2O2. The Morgan fingerprint density at radius 2 is 2.00 bits per heavy atom. The fraction of sp³-hybridized carbons (Fsp3) is 0.500. The normalized spacial score (nSPS) is 17.8. The fourth-order valence-electron chi connectivity index (χ4n) is 2.11. The van der Waals surface area contributed by atoms with Gasteiger partial charge in [0.2, 0.25) is 0 Å². The number of halogens is 2. The maximum Gasteiger partial charge on any atom is 0.314 e. The Labute approximate surface area is 105 Å². The molecule has 1 aliphatic carbocycles. The van der Waals surface area contributed by atoms with Gasteiger partial charge in [0, 0.05) is 11.5 Å². The van der Waals surface area contributed by atoms with E-state index in [0.717, 1.165) is 0 Å². The molecule has 1 fully saturated rings. The highest BCUT2D eigenvalue weighted by molar-refractivity contribution is 5.84. The topological polar surface area (TPSA) is 37.3 Å². The van der Waals surface area contributed by atoms with Gasteiger partial charge in [-0.1, -0.05) is 32.0 Å². The average Bonchev–Trinajstić information content (AvgIpc) is 3.10. The molecule has 0 amide bonds. The molecule has 4 heteroatoms. The van der Waals surface area contributed by atoms with Crippen LogP contribution in [0, 0.1) is 5.92 Å². The molecule has 98 valence electrons. The van der Waals surface area contributed by atoms with E-state index < -0.39 is 23.2 Å². The molecule has 2 rings (SSSR count). The molecule has 0 aromatic heterocycles. The number of hydrogen-bond donors (Lipinski definition) is 1. The maximum absolute atomic E-state index is 13.9. The van der Waals surface area contributed by atoms with E-state index in [9.17, 15) is 18.7 Å². The van der Waals surface area contributed by atoms with Gasteiger partial charge < -0.3 is 5.11 Å². The summed E-state index contributed by atoms with van der Waals surface area (Å²) in [6, 6.07) is 5.85. The van der Waals surface area contributed by atoms with Crippen molar-refractivity contribution in [2.75, 3.05) is 0 Å². The molecule has 1 aliphatic rings. The summed E-state index contributed by atoms with van der Waals surface area (Å²) in [6.07, 6.45) is 1.05. The third kappa shape index (κ3) is 1.89. The van der Waals surface area contributed by atoms with Crippen LogP contribution in [0.4, 0.5) is 8.78 Å². The summed E-state index contributed by atoms with van der Waals surface area (Å²) in [4.78, 5) is 11.2. The van der Waals surface area contributed by atoms with E-state index in [4.69, 9.17) is 0 Å². The van der Waals surface area contributed by atoms with Gasteiger partial charge in [-0.15, -0.1) is 0 Å². The highest BCUT2D eigenvalue weighted by Gasteiger charge is 2.52. The van der Waals surface area contributed by atoms with Gasteiger partial charge >= 0.3 is 5.97 Å². The zero-order valence-corrected chi connectivity index (χ0v) is 10.4. The summed E-state index contributed by atoms with van der Waals surface area (Å²) >= 11 is 0. The standard InChI is InChI=1S/C14H16F2O2/c1-9(2)14(15,16)11-5-3-4-10(8-11)13(6-7-13)12(17)18/h3-5,8-9H,6-7H2,1-2H3,(H,17,18). The van der Waals surface area contributed by atoms with Crippen LogP contribution in [0.25, 0.3) is 0 Å². The molecule has 0 bridgehead atoms. The Morgan fingerprint density at radius 1 is 1.39 bits per heavy atom. The van der Waals surface area contributed by atoms with Crippen LogP contribution in [0.1, 0.15) is 37.8 Å². The van der Waals surface area contributed by atoms with Crippen LogP contribution in [0.5, 0.6) is 0 Å². The lowest BCUT2D eigenvalue weighted by Gasteiger charge is -2.22. The first-order valence-corrected chi connectivity index (χ1v) is 6.03. The third-order valence-corrected chi connectivity index (χ3v) is 3.68. The van der Waals surface area contributed by atoms with Crippen LogP contribution in [-0.4, -0.2) is 11.1 Å². The number of carbonyl (C=O) groups is 1. The molecule has 1 aromatic carbocycles. The van der Waals surface area contributed by atoms with Crippen LogP contribution in [0.3, 0.4) is 0 Å². The van der Waals surface area contributed by atoms with Crippen molar-refractivity contribution >= 4 is 5.97 Å². The summed E-state index contributed by atoms with van der Waals surface area (Å²) < 4.78 is 27.8. The van der Waals surface area contributed by atoms with Crippen molar-refractivity contribution in [1.29, 1.82) is 0 Å². The van der Waals surface area contributed by atoms with E-state index >= 15 is 0 Å². The second kappa shape index (κ2) is 4.04. The van der Waals surface area contributed by atoms with E-state index in [2.05, 4.69) is 0 Å². The van der Waals surface area contributed by atoms with Crippen molar-refractivity contribution in [1.82, 2.24) is 0 Å². The van der Waals surface area contributed by atoms with Crippen molar-refractivity contribution in [3.05, 3.63) is 35.4 Å². The van der Waals surface area contributed by atoms with E-state index in [1.54, 1.807) is 6.07 Å². The van der Waals surface area contributed by atoms with E-state index in [-0.39, 0.29) is 5.56 Å². The van der Waals surface area contributed by atoms with Crippen LogP contribution >= 0.6 is 0 Å². The lowest BCUT2D eigenvalue weighted by atomic mass is 9.90. The second-order valence-corrected chi connectivity index (χ2v) is 5.25. The summed E-state index contributed by atoms with van der Waals surface area (Å²) in [5.41, 5.74) is -0.529. The monoisotopic (exact) mass is 254 g/mol. The van der Waals surface area contributed by atoms with Gasteiger partial charge in [0.05, 0.1) is 5.41 Å². The summed E-state index contributed by atoms with van der Waals surface area (Å²) in [5.74, 6) is -4.66. The Balaban J connectivity index is 2.41. The van der Waals surface area contributed by atoms with Gasteiger partial charge in [-0.25, -0.2) is 8.78 Å². The van der Waals surface area contributed by atoms with Crippen molar-refractivity contribution in [2.45, 2.75) is 38.0 Å². The zero-order valence-electron chi connectivity index (χ0n) is 10.4. The minimum atomic E-state index is -2.93. The average molecular weight is 254 g/mol. The molecule has 0 unspecified atom stereocenters. The van der Waals surface area contributed by atoms with Crippen molar-refractivity contribution in [2.24, 2.45) is 5.92 Å². The Hall–Kier alpha value is -1.45. The SMILES string of the molecule is CC(C)C(F)(F)c1cccc(C2(C(=O)O)CC2)c1. The van der Waals surface area contributed by atoms with Gasteiger partial charge in [0.25, 0.3) is 5.92 Å². The summed E-state index contributed by atoms with van der Waals surface area (Å²) in [6.45, 7) is 2.91. The lowest BCUT2D eigenvalue weighted by Crippen LogP contribution is -2.23. The van der Waals surface area contributed by atoms with Gasteiger partial charge in [-0.2, -0.15) is 0 Å². The Bertz CT molecular complexity index is 476. The maximum atomic E-state index is 13.9. The van der Waals surface area contributed by atoms with Crippen molar-refractivity contribution in [3.63, 3.8) is 0 Å². The first-order chi connectivity index (χ1) is 8.30. The number of benzene rings is 1. The summed E-state index contributed by atoms with van der Waals surface area (Å²) in [7, 11) is 0. The third-order valence-electron chi connectivity index (χ3n) is 3.68. The van der Waals surface area contributed by atoms with Crippen molar-refractivity contribution < 1.29 is 18.7 Å². The number of carboxylic acids is 1. The van der Waals surface area contributed by atoms with Crippen LogP contribution in [0.15, 0.2) is 24.3 Å². The quantitative estimate of drug-likeness (QED) is 0.892. The number of rotatable bonds is 4. The molecule has 18 heavy (non-hydrogen) atoms. The molecule has 0 atom stereocenters. The van der Waals surface area contributed by atoms with Gasteiger partial charge in [-0.3, -0.25) is 4.79 Å². The largest absolute Gasteiger partial charge is 0.481 e. The number of hydrogen-bond acceptors (Lipinski definition) is 1. The lowest BCUT2D eigenvalue weighted by molar-refractivity contribution is -0.140. The summed E-state index contributed by atoms with van der Waals surface area (Å²) in [5, 5.41) is 9.17. The molecule has 1 saturated carbocycles. The minimum absolute atomic E-state index is 0.0949. The Morgan fingerprint density at radius 3 is 2.44 bits per heavy atom. The Kier molecular flexibility index (Phi) is 2.92. The molecule has 2 nitrogen and oxygen atoms in total. The van der Waals surface area contributed by atoms with Gasteiger partial charge in [-0.05, 0) is 24.5 Å². The minimum Gasteiger partial charge on any atom is -0.481 e. The first kappa shape index (κ1) is 13.0. The number of carboxylic acid groups (broad SMARTS) is 1. The zero-order chi connectivity index (χ0) is 13.6. The predicted octanol–water partition coefficient (Wildman–Crippen LogP) is 3.55. The molecule has 0 aliphatic heterocycles. The van der Waals surface area contributed by atoms with E-state index in [1.165, 1.54) is 32.0 Å². The molecule has 0 saturated heterocycles. The molecule has 0 radical (unpaired) electrons. The smallest absolute Gasteiger partial charge is 0.314 e. The van der Waals surface area contributed by atoms with Crippen molar-refractivity contribution in [3.8, 4) is 0 Å². The van der Waals surface area contributed by atoms with Crippen LogP contribution in [-0.2, 0) is 16.1 Å². The first-order valence-electron chi connectivity index (χ1n) is 6.03. The highest BCUT2D eigenvalue weighted by Crippen LogP contribution is 2.49. The second-order valence-electron chi connectivity index (χ2n) is 5.25. The molecule has 0 spiro atoms. The van der Waals surface area contributed by atoms with Gasteiger partial charge in [0.1, 0.15) is 0 Å². The fourth-order valence-corrected chi connectivity index (χ4v) is 2.11. The molecule has 0 heterocycles. The molecular weight excluding hydrogens is 238 g/mol. The van der Waals surface area contributed by atoms with Gasteiger partial charge in [0.15, 0.2) is 0 Å². The molecule has 1 aromatic rings. The van der Waals surface area contributed by atoms with E-state index in [0.29, 0.717) is 18.4 Å². The highest BCUT2D eigenvalue weighted by atomic mass is 19.3. The van der Waals surface area contributed by atoms with Crippen LogP contribution in [0.2, 0.25) is 0 Å². The molecule has 1 N–H and O–H groups in total. The van der Waals surface area contributed by atoms with E-state index in [1.807, 2.05) is 0 Å². The van der Waals surface area contributed by atoms with Crippen LogP contribution < -0.4 is 0 Å². The number of alkyl halides is 2. The predicted molar refractivity (Wildman–Crippen MR) is 63.7 cm³/mol. The number of aliphatic carboxylic acids is 1.